The highest BCUT2D eigenvalue weighted by molar-refractivity contribution is 7.61. The predicted octanol–water partition coefficient (Wildman–Crippen LogP) is -3.53. The molecular weight excluding hydrogens is 576 g/mol. The van der Waals surface area contributed by atoms with Crippen molar-refractivity contribution in [3.8, 4) is 0 Å². The Kier molecular flexibility index (Phi) is 8.75. The van der Waals surface area contributed by atoms with Crippen LogP contribution in [0.4, 0.5) is 5.82 Å². The lowest BCUT2D eigenvalue weighted by molar-refractivity contribution is -0.289. The summed E-state index contributed by atoms with van der Waals surface area (Å²) in [6.07, 6.45) is -14.8. The maximum Gasteiger partial charge on any atom is 0.483 e. The fourth-order valence-corrected chi connectivity index (χ4v) is 6.14. The lowest BCUT2D eigenvalue weighted by Gasteiger charge is -2.41. The van der Waals surface area contributed by atoms with E-state index in [1.807, 2.05) is 0 Å². The molecule has 20 nitrogen and oxygen atoms in total. The number of ether oxygens (including phenoxy) is 2. The highest BCUT2D eigenvalue weighted by Crippen LogP contribution is 2.61. The molecule has 2 aliphatic heterocycles. The van der Waals surface area contributed by atoms with Crippen molar-refractivity contribution in [2.45, 2.75) is 68.3 Å². The van der Waals surface area contributed by atoms with E-state index >= 15 is 0 Å². The zero-order valence-electron chi connectivity index (χ0n) is 19.8. The number of phosphoric ester groups is 2. The number of aliphatic hydroxyl groups is 6. The monoisotopic (exact) mass is 603 g/mol. The second-order valence-electron chi connectivity index (χ2n) is 8.73. The minimum absolute atomic E-state index is 0.0407. The van der Waals surface area contributed by atoms with Crippen molar-refractivity contribution < 1.29 is 72.4 Å². The normalized spacial score (nSPS) is 37.4. The number of rotatable bonds is 9. The van der Waals surface area contributed by atoms with Gasteiger partial charge in [-0.2, -0.15) is 4.31 Å². The Hall–Kier alpha value is -1.71. The van der Waals surface area contributed by atoms with Crippen LogP contribution in [0.25, 0.3) is 11.2 Å². The van der Waals surface area contributed by atoms with Crippen LogP contribution in [0.3, 0.4) is 0 Å². The maximum absolute atomic E-state index is 12.3. The first kappa shape index (κ1) is 30.3. The summed E-state index contributed by atoms with van der Waals surface area (Å²) in [4.78, 5) is 31.6. The first-order chi connectivity index (χ1) is 18.1. The summed E-state index contributed by atoms with van der Waals surface area (Å²) in [6, 6.07) is 0. The smallest absolute Gasteiger partial charge is 0.391 e. The number of nitrogen functional groups attached to an aromatic ring is 1. The zero-order valence-corrected chi connectivity index (χ0v) is 21.6. The number of hydrogen-bond donors (Lipinski definition) is 9. The maximum atomic E-state index is 12.3. The van der Waals surface area contributed by atoms with Gasteiger partial charge in [-0.05, 0) is 6.92 Å². The Bertz CT molecular complexity index is 1270. The average Bonchev–Trinajstić information content (AvgIpc) is 3.39. The Morgan fingerprint density at radius 3 is 2.36 bits per heavy atom. The fourth-order valence-electron chi connectivity index (χ4n) is 3.98. The summed E-state index contributed by atoms with van der Waals surface area (Å²) in [5.41, 5.74) is 6.05. The summed E-state index contributed by atoms with van der Waals surface area (Å²) in [6.45, 7) is 0.212. The van der Waals surface area contributed by atoms with Crippen LogP contribution < -0.4 is 5.73 Å². The number of phosphoric acid groups is 2. The molecule has 2 aromatic heterocycles. The molecule has 0 radical (unpaired) electrons. The standard InChI is InChI=1S/C17H27N5O15P2/c1-5(23)13-10(26)9(25)12(28)17(35-13)36-39(31,32)37-38(29,30)33-2-6-8(24)11(27)16(34-6)22-4-21-7-14(18)19-3-20-15(7)22/h3-6,8-13,16-17,23-28H,2H2,1H3,(H,29,30)(H,31,32)(H2,18,19,20)/t5-,6-,8-,9+,10+,11-,12+,13-,16-,17+/m1/s1. The molecule has 0 aromatic carbocycles. The van der Waals surface area contributed by atoms with Crippen molar-refractivity contribution in [1.82, 2.24) is 19.5 Å². The quantitative estimate of drug-likeness (QED) is 0.125. The van der Waals surface area contributed by atoms with E-state index in [1.165, 1.54) is 10.9 Å². The number of aliphatic hydroxyl groups excluding tert-OH is 6. The molecule has 0 amide bonds. The SMILES string of the molecule is C[C@@H](O)[C@H]1O[C@@H](OP(=O)(O)OP(=O)(O)OC[C@H]2O[C@@H](n3cnc4c(N)ncnc43)[C@H](O)[C@@H]2O)[C@@H](O)[C@@H](O)[C@@H]1O. The average molecular weight is 603 g/mol. The van der Waals surface area contributed by atoms with Crippen molar-refractivity contribution in [2.24, 2.45) is 0 Å². The summed E-state index contributed by atoms with van der Waals surface area (Å²) >= 11 is 0. The third-order valence-electron chi connectivity index (χ3n) is 5.93. The topological polar surface area (TPSA) is 312 Å². The molecule has 39 heavy (non-hydrogen) atoms. The van der Waals surface area contributed by atoms with Gasteiger partial charge in [-0.25, -0.2) is 24.1 Å². The number of anilines is 1. The number of hydrogen-bond acceptors (Lipinski definition) is 17. The predicted molar refractivity (Wildman–Crippen MR) is 122 cm³/mol. The molecule has 4 heterocycles. The molecular formula is C17H27N5O15P2. The van der Waals surface area contributed by atoms with Gasteiger partial charge < -0.3 is 55.6 Å². The lowest BCUT2D eigenvalue weighted by atomic mass is 9.96. The van der Waals surface area contributed by atoms with Crippen LogP contribution in [-0.4, -0.2) is 122 Å². The molecule has 2 unspecified atom stereocenters. The summed E-state index contributed by atoms with van der Waals surface area (Å²) in [7, 11) is -11.0. The van der Waals surface area contributed by atoms with Gasteiger partial charge in [0.05, 0.1) is 19.0 Å². The van der Waals surface area contributed by atoms with E-state index < -0.39 is 83.6 Å². The van der Waals surface area contributed by atoms with Crippen molar-refractivity contribution in [3.63, 3.8) is 0 Å². The molecule has 0 spiro atoms. The van der Waals surface area contributed by atoms with Crippen LogP contribution in [0, 0.1) is 0 Å². The van der Waals surface area contributed by atoms with E-state index in [1.54, 1.807) is 0 Å². The largest absolute Gasteiger partial charge is 0.483 e. The molecule has 0 bridgehead atoms. The Morgan fingerprint density at radius 2 is 1.69 bits per heavy atom. The van der Waals surface area contributed by atoms with Crippen molar-refractivity contribution in [1.29, 1.82) is 0 Å². The van der Waals surface area contributed by atoms with Gasteiger partial charge in [-0.15, -0.1) is 0 Å². The van der Waals surface area contributed by atoms with Gasteiger partial charge in [0.1, 0.15) is 54.6 Å². The van der Waals surface area contributed by atoms with E-state index in [2.05, 4.69) is 28.3 Å². The van der Waals surface area contributed by atoms with E-state index in [0.717, 1.165) is 13.3 Å². The van der Waals surface area contributed by atoms with Gasteiger partial charge in [0, 0.05) is 0 Å². The van der Waals surface area contributed by atoms with Gasteiger partial charge in [0.15, 0.2) is 24.0 Å². The number of fused-ring (bicyclic) bond motifs is 1. The second kappa shape index (κ2) is 11.3. The van der Waals surface area contributed by atoms with E-state index in [4.69, 9.17) is 15.2 Å². The molecule has 4 rings (SSSR count). The molecule has 2 fully saturated rings. The van der Waals surface area contributed by atoms with Crippen LogP contribution in [0.15, 0.2) is 12.7 Å². The van der Waals surface area contributed by atoms with Gasteiger partial charge in [-0.3, -0.25) is 13.6 Å². The Balaban J connectivity index is 1.38. The minimum atomic E-state index is -5.58. The minimum Gasteiger partial charge on any atom is -0.391 e. The van der Waals surface area contributed by atoms with Crippen LogP contribution in [0.2, 0.25) is 0 Å². The highest BCUT2D eigenvalue weighted by atomic mass is 31.3. The molecule has 12 atom stereocenters. The fraction of sp³-hybridized carbons (Fsp3) is 0.706. The van der Waals surface area contributed by atoms with Gasteiger partial charge in [0.25, 0.3) is 0 Å². The van der Waals surface area contributed by atoms with Gasteiger partial charge >= 0.3 is 15.6 Å². The highest BCUT2D eigenvalue weighted by Gasteiger charge is 2.50. The third kappa shape index (κ3) is 6.30. The van der Waals surface area contributed by atoms with Crippen molar-refractivity contribution >= 4 is 32.6 Å². The van der Waals surface area contributed by atoms with Crippen molar-refractivity contribution in [2.75, 3.05) is 12.3 Å². The Labute approximate surface area is 218 Å². The second-order valence-corrected chi connectivity index (χ2v) is 11.7. The molecule has 10 N–H and O–H groups in total. The molecule has 22 heteroatoms. The van der Waals surface area contributed by atoms with E-state index in [-0.39, 0.29) is 17.0 Å². The molecule has 0 saturated carbocycles. The molecule has 2 aliphatic rings. The molecule has 220 valence electrons. The lowest BCUT2D eigenvalue weighted by Crippen LogP contribution is -2.60. The molecule has 2 aromatic rings. The van der Waals surface area contributed by atoms with Crippen LogP contribution in [0.1, 0.15) is 13.2 Å². The Morgan fingerprint density at radius 1 is 1.00 bits per heavy atom. The number of nitrogens with two attached hydrogens (primary N) is 1. The first-order valence-corrected chi connectivity index (χ1v) is 14.1. The first-order valence-electron chi connectivity index (χ1n) is 11.1. The van der Waals surface area contributed by atoms with Crippen LogP contribution in [0.5, 0.6) is 0 Å². The van der Waals surface area contributed by atoms with E-state index in [9.17, 15) is 49.6 Å². The number of aromatic nitrogens is 4. The molecule has 2 saturated heterocycles. The summed E-state index contributed by atoms with van der Waals surface area (Å²) in [5, 5.41) is 60.1. The van der Waals surface area contributed by atoms with Gasteiger partial charge in [-0.1, -0.05) is 0 Å². The van der Waals surface area contributed by atoms with Crippen LogP contribution >= 0.6 is 15.6 Å². The van der Waals surface area contributed by atoms with E-state index in [0.29, 0.717) is 0 Å². The summed E-state index contributed by atoms with van der Waals surface area (Å²) in [5.74, 6) is 0.0407. The summed E-state index contributed by atoms with van der Waals surface area (Å²) < 4.78 is 49.7. The van der Waals surface area contributed by atoms with Crippen LogP contribution in [-0.2, 0) is 32.0 Å². The number of nitrogens with zero attached hydrogens (tertiary/aromatic N) is 4. The van der Waals surface area contributed by atoms with Gasteiger partial charge in [0.2, 0.25) is 0 Å². The third-order valence-corrected chi connectivity index (χ3v) is 8.53. The zero-order chi connectivity index (χ0) is 28.9. The number of imidazole rings is 1. The van der Waals surface area contributed by atoms with Crippen molar-refractivity contribution in [3.05, 3.63) is 12.7 Å². The molecule has 0 aliphatic carbocycles.